The molecule has 0 saturated carbocycles. The summed E-state index contributed by atoms with van der Waals surface area (Å²) >= 11 is 0. The van der Waals surface area contributed by atoms with Crippen LogP contribution in [0.3, 0.4) is 0 Å². The Labute approximate surface area is 178 Å². The molecule has 7 heteroatoms. The first-order valence-electron chi connectivity index (χ1n) is 10.0. The quantitative estimate of drug-likeness (QED) is 0.655. The van der Waals surface area contributed by atoms with Gasteiger partial charge in [0.25, 0.3) is 0 Å². The maximum Gasteiger partial charge on any atom is 0.223 e. The molecule has 1 aliphatic heterocycles. The third-order valence-electron chi connectivity index (χ3n) is 4.98. The third-order valence-corrected chi connectivity index (χ3v) is 4.98. The Kier molecular flexibility index (Phi) is 9.88. The third kappa shape index (κ3) is 7.63. The Bertz CT molecular complexity index is 723. The van der Waals surface area contributed by atoms with Crippen LogP contribution in [0, 0.1) is 5.82 Å². The van der Waals surface area contributed by atoms with Crippen molar-refractivity contribution < 1.29 is 13.9 Å². The minimum absolute atomic E-state index is 0. The fourth-order valence-electron chi connectivity index (χ4n) is 3.49. The molecule has 1 amide bonds. The first kappa shape index (κ1) is 23.1. The lowest BCUT2D eigenvalue weighted by Gasteiger charge is -2.31. The van der Waals surface area contributed by atoms with Gasteiger partial charge in [-0.1, -0.05) is 6.07 Å². The molecule has 0 aliphatic carbocycles. The van der Waals surface area contributed by atoms with E-state index >= 15 is 0 Å². The van der Waals surface area contributed by atoms with Crippen LogP contribution in [-0.2, 0) is 11.3 Å². The van der Waals surface area contributed by atoms with Crippen molar-refractivity contribution in [2.45, 2.75) is 44.7 Å². The number of halogens is 2. The molecule has 1 fully saturated rings. The maximum atomic E-state index is 13.0. The van der Waals surface area contributed by atoms with E-state index in [1.807, 2.05) is 23.1 Å². The summed E-state index contributed by atoms with van der Waals surface area (Å²) in [5, 5.41) is 3.41. The molecule has 29 heavy (non-hydrogen) atoms. The smallest absolute Gasteiger partial charge is 0.223 e. The number of nitrogens with one attached hydrogen (secondary N) is 1. The number of benzene rings is 1. The minimum Gasteiger partial charge on any atom is -0.494 e. The van der Waals surface area contributed by atoms with E-state index in [-0.39, 0.29) is 30.2 Å². The van der Waals surface area contributed by atoms with Crippen LogP contribution in [-0.4, -0.2) is 41.5 Å². The van der Waals surface area contributed by atoms with Gasteiger partial charge >= 0.3 is 0 Å². The van der Waals surface area contributed by atoms with Gasteiger partial charge in [0.1, 0.15) is 11.6 Å². The molecule has 1 atom stereocenters. The summed E-state index contributed by atoms with van der Waals surface area (Å²) in [5.41, 5.74) is 0.913. The van der Waals surface area contributed by atoms with E-state index in [2.05, 4.69) is 10.3 Å². The van der Waals surface area contributed by atoms with E-state index in [9.17, 15) is 9.18 Å². The predicted molar refractivity (Wildman–Crippen MR) is 114 cm³/mol. The van der Waals surface area contributed by atoms with Crippen molar-refractivity contribution in [3.63, 3.8) is 0 Å². The molecular formula is C22H29ClFN3O2. The number of ether oxygens (including phenoxy) is 1. The molecule has 1 unspecified atom stereocenters. The van der Waals surface area contributed by atoms with Crippen LogP contribution < -0.4 is 10.1 Å². The number of nitrogens with zero attached hydrogens (tertiary/aromatic N) is 2. The number of pyridine rings is 1. The van der Waals surface area contributed by atoms with Gasteiger partial charge in [0.15, 0.2) is 0 Å². The molecule has 1 aromatic heterocycles. The summed E-state index contributed by atoms with van der Waals surface area (Å²) in [6, 6.07) is 12.0. The van der Waals surface area contributed by atoms with Crippen LogP contribution in [0.15, 0.2) is 48.7 Å². The summed E-state index contributed by atoms with van der Waals surface area (Å²) in [6.45, 7) is 2.92. The van der Waals surface area contributed by atoms with Crippen LogP contribution in [0.4, 0.5) is 4.39 Å². The molecule has 0 bridgehead atoms. The number of carbonyl (C=O) groups excluding carboxylic acids is 1. The number of aromatic nitrogens is 1. The standard InChI is InChI=1S/C22H28FN3O2.ClH/c23-18-8-10-21(11-9-18)28-16-4-7-22(27)26(17-19-5-1-2-14-25-19)20-6-3-13-24-15-12-20;/h1-2,5,8-11,14,20,24H,3-4,6-7,12-13,15-17H2;1H. The second kappa shape index (κ2) is 12.4. The van der Waals surface area contributed by atoms with Gasteiger partial charge in [0, 0.05) is 18.7 Å². The summed E-state index contributed by atoms with van der Waals surface area (Å²) in [5.74, 6) is 0.472. The molecule has 1 aliphatic rings. The highest BCUT2D eigenvalue weighted by Crippen LogP contribution is 2.18. The molecule has 1 aromatic carbocycles. The molecule has 158 valence electrons. The summed E-state index contributed by atoms with van der Waals surface area (Å²) in [4.78, 5) is 19.4. The Morgan fingerprint density at radius 2 is 2.00 bits per heavy atom. The van der Waals surface area contributed by atoms with E-state index in [1.165, 1.54) is 12.1 Å². The first-order chi connectivity index (χ1) is 13.7. The van der Waals surface area contributed by atoms with Gasteiger partial charge in [0.2, 0.25) is 5.91 Å². The molecule has 0 spiro atoms. The van der Waals surface area contributed by atoms with Gasteiger partial charge in [0.05, 0.1) is 18.8 Å². The minimum atomic E-state index is -0.286. The molecular weight excluding hydrogens is 393 g/mol. The van der Waals surface area contributed by atoms with E-state index in [0.717, 1.165) is 38.0 Å². The molecule has 1 N–H and O–H groups in total. The normalized spacial score (nSPS) is 16.4. The van der Waals surface area contributed by atoms with Crippen molar-refractivity contribution in [2.24, 2.45) is 0 Å². The van der Waals surface area contributed by atoms with Crippen LogP contribution >= 0.6 is 12.4 Å². The fraction of sp³-hybridized carbons (Fsp3) is 0.455. The fourth-order valence-corrected chi connectivity index (χ4v) is 3.49. The van der Waals surface area contributed by atoms with Crippen LogP contribution in [0.2, 0.25) is 0 Å². The number of carbonyl (C=O) groups is 1. The lowest BCUT2D eigenvalue weighted by Crippen LogP contribution is -2.40. The Morgan fingerprint density at radius 1 is 1.17 bits per heavy atom. The zero-order valence-electron chi connectivity index (χ0n) is 16.6. The molecule has 1 saturated heterocycles. The number of hydrogen-bond acceptors (Lipinski definition) is 4. The van der Waals surface area contributed by atoms with Gasteiger partial charge in [-0.3, -0.25) is 9.78 Å². The van der Waals surface area contributed by atoms with E-state index < -0.39 is 0 Å². The van der Waals surface area contributed by atoms with Gasteiger partial charge in [-0.2, -0.15) is 0 Å². The summed E-state index contributed by atoms with van der Waals surface area (Å²) in [7, 11) is 0. The average molecular weight is 422 g/mol. The number of hydrogen-bond donors (Lipinski definition) is 1. The molecule has 0 radical (unpaired) electrons. The van der Waals surface area contributed by atoms with Crippen molar-refractivity contribution in [3.05, 3.63) is 60.2 Å². The van der Waals surface area contributed by atoms with Gasteiger partial charge in [-0.15, -0.1) is 12.4 Å². The van der Waals surface area contributed by atoms with Gasteiger partial charge in [-0.05, 0) is 75.2 Å². The highest BCUT2D eigenvalue weighted by atomic mass is 35.5. The first-order valence-corrected chi connectivity index (χ1v) is 10.0. The van der Waals surface area contributed by atoms with Crippen LogP contribution in [0.5, 0.6) is 5.75 Å². The summed E-state index contributed by atoms with van der Waals surface area (Å²) < 4.78 is 18.6. The highest BCUT2D eigenvalue weighted by Gasteiger charge is 2.24. The highest BCUT2D eigenvalue weighted by molar-refractivity contribution is 5.85. The second-order valence-electron chi connectivity index (χ2n) is 7.08. The monoisotopic (exact) mass is 421 g/mol. The van der Waals surface area contributed by atoms with Crippen molar-refractivity contribution in [1.29, 1.82) is 0 Å². The zero-order valence-corrected chi connectivity index (χ0v) is 17.4. The average Bonchev–Trinajstić information content (AvgIpc) is 3.01. The molecule has 2 heterocycles. The van der Waals surface area contributed by atoms with Gasteiger partial charge in [-0.25, -0.2) is 4.39 Å². The molecule has 3 rings (SSSR count). The maximum absolute atomic E-state index is 13.0. The molecule has 2 aromatic rings. The second-order valence-corrected chi connectivity index (χ2v) is 7.08. The lowest BCUT2D eigenvalue weighted by molar-refractivity contribution is -0.134. The van der Waals surface area contributed by atoms with Crippen LogP contribution in [0.25, 0.3) is 0 Å². The zero-order chi connectivity index (χ0) is 19.6. The van der Waals surface area contributed by atoms with Crippen LogP contribution in [0.1, 0.15) is 37.8 Å². The van der Waals surface area contributed by atoms with E-state index in [0.29, 0.717) is 31.7 Å². The largest absolute Gasteiger partial charge is 0.494 e. The van der Waals surface area contributed by atoms with Gasteiger partial charge < -0.3 is 15.0 Å². The Hall–Kier alpha value is -2.18. The predicted octanol–water partition coefficient (Wildman–Crippen LogP) is 3.97. The van der Waals surface area contributed by atoms with Crippen molar-refractivity contribution in [3.8, 4) is 5.75 Å². The van der Waals surface area contributed by atoms with E-state index in [1.54, 1.807) is 18.3 Å². The Morgan fingerprint density at radius 3 is 2.76 bits per heavy atom. The van der Waals surface area contributed by atoms with Crippen molar-refractivity contribution in [1.82, 2.24) is 15.2 Å². The SMILES string of the molecule is Cl.O=C(CCCOc1ccc(F)cc1)N(Cc1ccccn1)C1CCCNCC1. The van der Waals surface area contributed by atoms with Crippen molar-refractivity contribution in [2.75, 3.05) is 19.7 Å². The van der Waals surface area contributed by atoms with Crippen molar-refractivity contribution >= 4 is 18.3 Å². The van der Waals surface area contributed by atoms with E-state index in [4.69, 9.17) is 4.74 Å². The topological polar surface area (TPSA) is 54.5 Å². The molecule has 5 nitrogen and oxygen atoms in total. The number of rotatable bonds is 8. The number of amides is 1. The Balaban J connectivity index is 0.00000300. The lowest BCUT2D eigenvalue weighted by atomic mass is 10.1. The summed E-state index contributed by atoms with van der Waals surface area (Å²) in [6.07, 6.45) is 5.87.